The lowest BCUT2D eigenvalue weighted by atomic mass is 9.69. The van der Waals surface area contributed by atoms with E-state index < -0.39 is 0 Å². The standard InChI is InChI=1S/C9H15N2/c10-11-9-7-3-1-4-8(9)6-2-5-7/h7,9-10H,1-6H2. The van der Waals surface area contributed by atoms with Gasteiger partial charge in [-0.25, -0.2) is 5.53 Å². The summed E-state index contributed by atoms with van der Waals surface area (Å²) < 4.78 is 0. The molecule has 2 nitrogen and oxygen atoms in total. The lowest BCUT2D eigenvalue weighted by Crippen LogP contribution is -2.33. The van der Waals surface area contributed by atoms with E-state index in [0.717, 1.165) is 5.92 Å². The molecule has 11 heavy (non-hydrogen) atoms. The summed E-state index contributed by atoms with van der Waals surface area (Å²) in [5.41, 5.74) is 7.10. The van der Waals surface area contributed by atoms with Gasteiger partial charge in [-0.1, -0.05) is 12.8 Å². The molecular weight excluding hydrogens is 136 g/mol. The third-order valence-electron chi connectivity index (χ3n) is 3.15. The molecule has 1 atom stereocenters. The maximum Gasteiger partial charge on any atom is 0.0796 e. The van der Waals surface area contributed by atoms with E-state index in [-0.39, 0.29) is 0 Å². The summed E-state index contributed by atoms with van der Waals surface area (Å²) in [6.07, 6.45) is 7.85. The first kappa shape index (κ1) is 7.26. The Morgan fingerprint density at radius 3 is 2.18 bits per heavy atom. The van der Waals surface area contributed by atoms with Crippen molar-refractivity contribution >= 4 is 0 Å². The van der Waals surface area contributed by atoms with Gasteiger partial charge in [-0.2, -0.15) is 5.11 Å². The van der Waals surface area contributed by atoms with E-state index >= 15 is 0 Å². The van der Waals surface area contributed by atoms with Crippen LogP contribution in [0.1, 0.15) is 38.5 Å². The van der Waals surface area contributed by atoms with Crippen LogP contribution in [-0.4, -0.2) is 6.04 Å². The van der Waals surface area contributed by atoms with Crippen LogP contribution in [0.15, 0.2) is 5.11 Å². The molecule has 0 heterocycles. The molecule has 2 aliphatic carbocycles. The summed E-state index contributed by atoms with van der Waals surface area (Å²) >= 11 is 0. The molecule has 1 radical (unpaired) electrons. The molecule has 0 saturated heterocycles. The highest BCUT2D eigenvalue weighted by Crippen LogP contribution is 2.42. The van der Waals surface area contributed by atoms with Crippen LogP contribution in [0.2, 0.25) is 0 Å². The molecule has 2 aliphatic rings. The molecule has 0 aromatic carbocycles. The summed E-state index contributed by atoms with van der Waals surface area (Å²) in [6.45, 7) is 0. The van der Waals surface area contributed by atoms with E-state index in [9.17, 15) is 0 Å². The lowest BCUT2D eigenvalue weighted by Gasteiger charge is -2.38. The summed E-state index contributed by atoms with van der Waals surface area (Å²) in [5, 5.41) is 3.74. The van der Waals surface area contributed by atoms with Crippen LogP contribution in [0.5, 0.6) is 0 Å². The Balaban J connectivity index is 2.10. The summed E-state index contributed by atoms with van der Waals surface area (Å²) in [5.74, 6) is 2.31. The topological polar surface area (TPSA) is 36.2 Å². The van der Waals surface area contributed by atoms with E-state index in [4.69, 9.17) is 5.53 Å². The second-order valence-electron chi connectivity index (χ2n) is 3.78. The smallest absolute Gasteiger partial charge is 0.0796 e. The predicted molar refractivity (Wildman–Crippen MR) is 43.4 cm³/mol. The molecule has 2 bridgehead atoms. The first-order valence-corrected chi connectivity index (χ1v) is 4.63. The van der Waals surface area contributed by atoms with Gasteiger partial charge in [0.15, 0.2) is 0 Å². The van der Waals surface area contributed by atoms with Crippen LogP contribution in [0.3, 0.4) is 0 Å². The van der Waals surface area contributed by atoms with Crippen molar-refractivity contribution < 1.29 is 0 Å². The molecule has 2 rings (SSSR count). The average Bonchev–Trinajstić information content (AvgIpc) is 2.03. The van der Waals surface area contributed by atoms with Gasteiger partial charge in [-0.3, -0.25) is 0 Å². The van der Waals surface area contributed by atoms with E-state index in [1.165, 1.54) is 38.5 Å². The molecule has 2 fully saturated rings. The Hall–Kier alpha value is -0.400. The van der Waals surface area contributed by atoms with Gasteiger partial charge in [-0.05, 0) is 31.6 Å². The van der Waals surface area contributed by atoms with Gasteiger partial charge < -0.3 is 0 Å². The van der Waals surface area contributed by atoms with E-state index in [0.29, 0.717) is 6.04 Å². The fraction of sp³-hybridized carbons (Fsp3) is 0.889. The monoisotopic (exact) mass is 151 g/mol. The molecule has 2 saturated carbocycles. The molecule has 0 spiro atoms. The highest BCUT2D eigenvalue weighted by Gasteiger charge is 2.36. The molecule has 61 valence electrons. The van der Waals surface area contributed by atoms with Crippen LogP contribution in [0, 0.1) is 17.4 Å². The Labute approximate surface area is 67.9 Å². The van der Waals surface area contributed by atoms with Crippen LogP contribution >= 0.6 is 0 Å². The third-order valence-corrected chi connectivity index (χ3v) is 3.15. The second-order valence-corrected chi connectivity index (χ2v) is 3.78. The summed E-state index contributed by atoms with van der Waals surface area (Å²) in [4.78, 5) is 0. The number of fused-ring (bicyclic) bond motifs is 2. The van der Waals surface area contributed by atoms with Crippen LogP contribution in [0.25, 0.3) is 0 Å². The van der Waals surface area contributed by atoms with Gasteiger partial charge >= 0.3 is 0 Å². The first-order valence-electron chi connectivity index (χ1n) is 4.63. The predicted octanol–water partition coefficient (Wildman–Crippen LogP) is 2.94. The van der Waals surface area contributed by atoms with Crippen LogP contribution < -0.4 is 0 Å². The van der Waals surface area contributed by atoms with E-state index in [1.807, 2.05) is 0 Å². The lowest BCUT2D eigenvalue weighted by molar-refractivity contribution is 0.250. The molecule has 2 heteroatoms. The molecule has 0 aromatic rings. The number of rotatable bonds is 1. The summed E-state index contributed by atoms with van der Waals surface area (Å²) in [6, 6.07) is 0.331. The van der Waals surface area contributed by atoms with Gasteiger partial charge in [0.2, 0.25) is 0 Å². The second kappa shape index (κ2) is 2.92. The normalized spacial score (nSPS) is 38.5. The van der Waals surface area contributed by atoms with Gasteiger partial charge in [0.25, 0.3) is 0 Å². The van der Waals surface area contributed by atoms with Gasteiger partial charge in [0.05, 0.1) is 6.04 Å². The van der Waals surface area contributed by atoms with Crippen molar-refractivity contribution in [1.82, 2.24) is 0 Å². The zero-order chi connectivity index (χ0) is 7.68. The molecule has 0 amide bonds. The quantitative estimate of drug-likeness (QED) is 0.559. The van der Waals surface area contributed by atoms with Crippen molar-refractivity contribution in [2.75, 3.05) is 0 Å². The van der Waals surface area contributed by atoms with Crippen molar-refractivity contribution in [2.24, 2.45) is 11.0 Å². The molecule has 1 unspecified atom stereocenters. The number of nitrogens with one attached hydrogen (secondary N) is 1. The van der Waals surface area contributed by atoms with Crippen molar-refractivity contribution in [3.8, 4) is 0 Å². The maximum absolute atomic E-state index is 7.10. The van der Waals surface area contributed by atoms with Crippen LogP contribution in [0.4, 0.5) is 0 Å². The minimum absolute atomic E-state index is 0.331. The van der Waals surface area contributed by atoms with Gasteiger partial charge in [0, 0.05) is 5.92 Å². The van der Waals surface area contributed by atoms with Crippen molar-refractivity contribution in [3.63, 3.8) is 0 Å². The Morgan fingerprint density at radius 1 is 1.18 bits per heavy atom. The number of hydrogen-bond acceptors (Lipinski definition) is 2. The number of hydrogen-bond donors (Lipinski definition) is 1. The molecular formula is C9H15N2. The van der Waals surface area contributed by atoms with Crippen molar-refractivity contribution in [2.45, 2.75) is 44.6 Å². The highest BCUT2D eigenvalue weighted by molar-refractivity contribution is 5.09. The Morgan fingerprint density at radius 2 is 1.82 bits per heavy atom. The molecule has 0 aromatic heterocycles. The highest BCUT2D eigenvalue weighted by atomic mass is 15.0. The molecule has 1 N–H and O–H groups in total. The fourth-order valence-corrected chi connectivity index (χ4v) is 2.59. The summed E-state index contributed by atoms with van der Waals surface area (Å²) in [7, 11) is 0. The number of nitrogens with zero attached hydrogens (tertiary/aromatic N) is 1. The fourth-order valence-electron chi connectivity index (χ4n) is 2.59. The van der Waals surface area contributed by atoms with Gasteiger partial charge in [0.1, 0.15) is 0 Å². The van der Waals surface area contributed by atoms with Crippen LogP contribution in [-0.2, 0) is 0 Å². The molecule has 0 aliphatic heterocycles. The third kappa shape index (κ3) is 1.19. The van der Waals surface area contributed by atoms with Crippen molar-refractivity contribution in [3.05, 3.63) is 5.92 Å². The Kier molecular flexibility index (Phi) is 1.93. The van der Waals surface area contributed by atoms with Gasteiger partial charge in [-0.15, -0.1) is 0 Å². The van der Waals surface area contributed by atoms with E-state index in [2.05, 4.69) is 5.11 Å². The minimum atomic E-state index is 0.331. The largest absolute Gasteiger partial charge is 0.210 e. The SMILES string of the molecule is N=NC1[C]2CCCC1CCC2. The van der Waals surface area contributed by atoms with E-state index in [1.54, 1.807) is 5.92 Å². The zero-order valence-corrected chi connectivity index (χ0v) is 6.84. The minimum Gasteiger partial charge on any atom is -0.210 e. The maximum atomic E-state index is 7.10. The zero-order valence-electron chi connectivity index (χ0n) is 6.84. The first-order chi connectivity index (χ1) is 5.42. The Bertz CT molecular complexity index is 134. The average molecular weight is 151 g/mol. The van der Waals surface area contributed by atoms with Crippen molar-refractivity contribution in [1.29, 1.82) is 5.53 Å².